The molecule has 10 nitrogen and oxygen atoms in total. The Morgan fingerprint density at radius 2 is 1.91 bits per heavy atom. The highest BCUT2D eigenvalue weighted by atomic mass is 32.2. The molecule has 3 heterocycles. The number of carbonyl (C=O) groups is 1. The third-order valence-corrected chi connectivity index (χ3v) is 7.43. The lowest BCUT2D eigenvalue weighted by atomic mass is 10.3. The molecule has 174 valence electrons. The van der Waals surface area contributed by atoms with Gasteiger partial charge in [-0.1, -0.05) is 17.3 Å². The number of carbonyl (C=O) groups excluding carboxylic acids is 1. The molecule has 1 aliphatic heterocycles. The fourth-order valence-corrected chi connectivity index (χ4v) is 5.32. The number of nitrogens with zero attached hydrogens (tertiary/aromatic N) is 4. The van der Waals surface area contributed by atoms with Gasteiger partial charge in [0, 0.05) is 44.1 Å². The summed E-state index contributed by atoms with van der Waals surface area (Å²) in [6.07, 6.45) is 1.70. The summed E-state index contributed by atoms with van der Waals surface area (Å²) in [5.41, 5.74) is 1.72. The highest BCUT2D eigenvalue weighted by molar-refractivity contribution is 7.89. The van der Waals surface area contributed by atoms with E-state index in [4.69, 9.17) is 9.26 Å². The van der Waals surface area contributed by atoms with Crippen LogP contribution in [0.3, 0.4) is 0 Å². The summed E-state index contributed by atoms with van der Waals surface area (Å²) in [5.74, 6) is 0.867. The van der Waals surface area contributed by atoms with Crippen LogP contribution in [0.25, 0.3) is 0 Å². The first kappa shape index (κ1) is 22.7. The van der Waals surface area contributed by atoms with Gasteiger partial charge in [0.05, 0.1) is 5.69 Å². The molecule has 0 aliphatic carbocycles. The Kier molecular flexibility index (Phi) is 6.61. The molecule has 2 amide bonds. The van der Waals surface area contributed by atoms with Gasteiger partial charge in [-0.2, -0.15) is 4.31 Å². The van der Waals surface area contributed by atoms with Crippen molar-refractivity contribution in [1.82, 2.24) is 19.3 Å². The van der Waals surface area contributed by atoms with Crippen LogP contribution in [0.2, 0.25) is 0 Å². The van der Waals surface area contributed by atoms with E-state index in [1.807, 2.05) is 18.2 Å². The summed E-state index contributed by atoms with van der Waals surface area (Å²) >= 11 is 0. The van der Waals surface area contributed by atoms with Gasteiger partial charge in [-0.3, -0.25) is 4.98 Å². The van der Waals surface area contributed by atoms with Gasteiger partial charge in [0.2, 0.25) is 10.0 Å². The number of hydrogen-bond donors (Lipinski definition) is 1. The first-order valence-electron chi connectivity index (χ1n) is 10.5. The molecule has 0 unspecified atom stereocenters. The minimum atomic E-state index is -3.73. The van der Waals surface area contributed by atoms with Crippen LogP contribution >= 0.6 is 0 Å². The Morgan fingerprint density at radius 3 is 2.58 bits per heavy atom. The number of nitrogens with one attached hydrogen (secondary N) is 1. The number of aryl methyl sites for hydroxylation is 2. The van der Waals surface area contributed by atoms with Crippen LogP contribution in [-0.2, 0) is 16.6 Å². The maximum absolute atomic E-state index is 12.9. The van der Waals surface area contributed by atoms with Crippen molar-refractivity contribution < 1.29 is 22.5 Å². The summed E-state index contributed by atoms with van der Waals surface area (Å²) in [4.78, 5) is 18.6. The maximum atomic E-state index is 12.9. The van der Waals surface area contributed by atoms with Crippen LogP contribution in [0.5, 0.6) is 5.75 Å². The summed E-state index contributed by atoms with van der Waals surface area (Å²) in [6, 6.07) is 12.4. The van der Waals surface area contributed by atoms with Crippen LogP contribution in [-0.4, -0.2) is 60.0 Å². The second kappa shape index (κ2) is 9.59. The van der Waals surface area contributed by atoms with E-state index in [-0.39, 0.29) is 42.9 Å². The minimum absolute atomic E-state index is 0.0999. The van der Waals surface area contributed by atoms with Crippen molar-refractivity contribution in [2.45, 2.75) is 25.3 Å². The smallest absolute Gasteiger partial charge is 0.321 e. The molecule has 1 N–H and O–H groups in total. The lowest BCUT2D eigenvalue weighted by molar-refractivity contribution is 0.184. The summed E-state index contributed by atoms with van der Waals surface area (Å²) in [6.45, 7) is 4.40. The number of hydrogen-bond acceptors (Lipinski definition) is 7. The first-order chi connectivity index (χ1) is 15.8. The van der Waals surface area contributed by atoms with Crippen LogP contribution in [0.4, 0.5) is 10.5 Å². The molecule has 3 aromatic rings. The van der Waals surface area contributed by atoms with Crippen LogP contribution < -0.4 is 10.1 Å². The Morgan fingerprint density at radius 1 is 1.12 bits per heavy atom. The molecule has 0 bridgehead atoms. The van der Waals surface area contributed by atoms with E-state index in [9.17, 15) is 13.2 Å². The van der Waals surface area contributed by atoms with E-state index in [0.29, 0.717) is 23.7 Å². The molecular weight excluding hydrogens is 446 g/mol. The van der Waals surface area contributed by atoms with Crippen LogP contribution in [0.15, 0.2) is 58.1 Å². The normalized spacial score (nSPS) is 14.8. The molecule has 1 saturated heterocycles. The van der Waals surface area contributed by atoms with E-state index >= 15 is 0 Å². The van der Waals surface area contributed by atoms with Gasteiger partial charge in [-0.05, 0) is 38.1 Å². The number of amides is 2. The van der Waals surface area contributed by atoms with Crippen molar-refractivity contribution in [3.05, 3.63) is 65.8 Å². The Labute approximate surface area is 192 Å². The van der Waals surface area contributed by atoms with E-state index in [1.54, 1.807) is 49.2 Å². The molecule has 1 aromatic carbocycles. The lowest BCUT2D eigenvalue weighted by Gasteiger charge is -2.33. The Hall–Kier alpha value is -3.44. The molecule has 0 radical (unpaired) electrons. The topological polar surface area (TPSA) is 118 Å². The minimum Gasteiger partial charge on any atom is -0.487 e. The van der Waals surface area contributed by atoms with Crippen LogP contribution in [0.1, 0.15) is 17.1 Å². The molecule has 0 spiro atoms. The molecule has 1 aliphatic rings. The highest BCUT2D eigenvalue weighted by Gasteiger charge is 2.34. The number of pyridine rings is 1. The van der Waals surface area contributed by atoms with Crippen molar-refractivity contribution in [2.75, 3.05) is 31.5 Å². The average Bonchev–Trinajstić information content (AvgIpc) is 3.17. The Bertz CT molecular complexity index is 1200. The number of rotatable bonds is 6. The van der Waals surface area contributed by atoms with E-state index in [0.717, 1.165) is 5.69 Å². The Balaban J connectivity index is 1.33. The number of benzene rings is 1. The molecule has 0 atom stereocenters. The molecule has 11 heteroatoms. The summed E-state index contributed by atoms with van der Waals surface area (Å²) in [7, 11) is -3.73. The van der Waals surface area contributed by atoms with Crippen molar-refractivity contribution in [3.63, 3.8) is 0 Å². The SMILES string of the molecule is Cc1noc(C)c1S(=O)(=O)N1CCN(C(=O)Nc2cccc(OCc3ccccn3)c2)CC1. The van der Waals surface area contributed by atoms with E-state index in [1.165, 1.54) is 4.31 Å². The molecule has 1 fully saturated rings. The largest absolute Gasteiger partial charge is 0.487 e. The van der Waals surface area contributed by atoms with Crippen molar-refractivity contribution in [1.29, 1.82) is 0 Å². The molecule has 2 aromatic heterocycles. The second-order valence-electron chi connectivity index (χ2n) is 7.61. The predicted molar refractivity (Wildman–Crippen MR) is 120 cm³/mol. The van der Waals surface area contributed by atoms with Crippen LogP contribution in [0, 0.1) is 13.8 Å². The van der Waals surface area contributed by atoms with E-state index in [2.05, 4.69) is 15.5 Å². The number of aromatic nitrogens is 2. The zero-order chi connectivity index (χ0) is 23.4. The van der Waals surface area contributed by atoms with Crippen molar-refractivity contribution >= 4 is 21.7 Å². The monoisotopic (exact) mass is 471 g/mol. The number of piperazine rings is 1. The van der Waals surface area contributed by atoms with Gasteiger partial charge in [-0.25, -0.2) is 13.2 Å². The third kappa shape index (κ3) is 5.15. The maximum Gasteiger partial charge on any atom is 0.321 e. The van der Waals surface area contributed by atoms with Crippen molar-refractivity contribution in [3.8, 4) is 5.75 Å². The lowest BCUT2D eigenvalue weighted by Crippen LogP contribution is -2.51. The first-order valence-corrected chi connectivity index (χ1v) is 11.9. The van der Waals surface area contributed by atoms with Gasteiger partial charge in [0.25, 0.3) is 0 Å². The molecule has 33 heavy (non-hydrogen) atoms. The number of sulfonamides is 1. The van der Waals surface area contributed by atoms with Gasteiger partial charge in [-0.15, -0.1) is 0 Å². The summed E-state index contributed by atoms with van der Waals surface area (Å²) in [5, 5.41) is 6.58. The van der Waals surface area contributed by atoms with Crippen molar-refractivity contribution in [2.24, 2.45) is 0 Å². The number of ether oxygens (including phenoxy) is 1. The summed E-state index contributed by atoms with van der Waals surface area (Å²) < 4.78 is 38.0. The van der Waals surface area contributed by atoms with Gasteiger partial charge < -0.3 is 19.5 Å². The van der Waals surface area contributed by atoms with Gasteiger partial charge >= 0.3 is 6.03 Å². The fraction of sp³-hybridized carbons (Fsp3) is 0.318. The second-order valence-corrected chi connectivity index (χ2v) is 9.49. The van der Waals surface area contributed by atoms with E-state index < -0.39 is 10.0 Å². The molecule has 0 saturated carbocycles. The fourth-order valence-electron chi connectivity index (χ4n) is 3.61. The molecular formula is C22H25N5O5S. The van der Waals surface area contributed by atoms with Gasteiger partial charge in [0.1, 0.15) is 22.9 Å². The molecule has 4 rings (SSSR count). The standard InChI is InChI=1S/C22H25N5O5S/c1-16-21(17(2)32-25-16)33(29,30)27-12-10-26(11-13-27)22(28)24-18-7-5-8-20(14-18)31-15-19-6-3-4-9-23-19/h3-9,14H,10-13,15H2,1-2H3,(H,24,28). The quantitative estimate of drug-likeness (QED) is 0.587. The van der Waals surface area contributed by atoms with Gasteiger partial charge in [0.15, 0.2) is 5.76 Å². The zero-order valence-corrected chi connectivity index (χ0v) is 19.2. The predicted octanol–water partition coefficient (Wildman–Crippen LogP) is 2.80. The highest BCUT2D eigenvalue weighted by Crippen LogP contribution is 2.24. The third-order valence-electron chi connectivity index (χ3n) is 5.29. The number of urea groups is 1. The average molecular weight is 472 g/mol. The number of anilines is 1. The zero-order valence-electron chi connectivity index (χ0n) is 18.4.